The van der Waals surface area contributed by atoms with Crippen molar-refractivity contribution in [3.63, 3.8) is 0 Å². The van der Waals surface area contributed by atoms with Gasteiger partial charge in [-0.2, -0.15) is 0 Å². The molecule has 0 bridgehead atoms. The Morgan fingerprint density at radius 1 is 0.923 bits per heavy atom. The fraction of sp³-hybridized carbons (Fsp3) is 0.273. The van der Waals surface area contributed by atoms with Gasteiger partial charge >= 0.3 is 5.97 Å². The molecule has 0 amide bonds. The van der Waals surface area contributed by atoms with Gasteiger partial charge < -0.3 is 9.84 Å². The van der Waals surface area contributed by atoms with Gasteiger partial charge in [-0.05, 0) is 49.1 Å². The molecular formula is C22H23NO3. The Morgan fingerprint density at radius 2 is 1.73 bits per heavy atom. The van der Waals surface area contributed by atoms with Crippen LogP contribution in [-0.4, -0.2) is 16.1 Å². The van der Waals surface area contributed by atoms with Crippen LogP contribution in [0.5, 0.6) is 5.75 Å². The molecule has 1 aromatic heterocycles. The van der Waals surface area contributed by atoms with Gasteiger partial charge in [-0.15, -0.1) is 0 Å². The average Bonchev–Trinajstić information content (AvgIpc) is 2.66. The molecule has 4 nitrogen and oxygen atoms in total. The second-order valence-electron chi connectivity index (χ2n) is 6.38. The summed E-state index contributed by atoms with van der Waals surface area (Å²) in [6.07, 6.45) is 3.92. The Morgan fingerprint density at radius 3 is 2.54 bits per heavy atom. The molecule has 0 radical (unpaired) electrons. The molecule has 0 saturated carbocycles. The molecule has 0 fully saturated rings. The van der Waals surface area contributed by atoms with Crippen molar-refractivity contribution in [1.29, 1.82) is 0 Å². The zero-order chi connectivity index (χ0) is 18.2. The van der Waals surface area contributed by atoms with E-state index in [9.17, 15) is 4.79 Å². The average molecular weight is 349 g/mol. The number of aliphatic carboxylic acids is 1. The number of hydrogen-bond donors (Lipinski definition) is 1. The minimum atomic E-state index is -0.715. The molecule has 0 atom stereocenters. The lowest BCUT2D eigenvalue weighted by Crippen LogP contribution is -1.98. The highest BCUT2D eigenvalue weighted by Gasteiger charge is 2.01. The number of ether oxygens (including phenoxy) is 1. The number of pyridine rings is 1. The van der Waals surface area contributed by atoms with E-state index in [4.69, 9.17) is 9.84 Å². The number of aryl methyl sites for hydroxylation is 1. The SMILES string of the molecule is O=C(O)CCCCCc1ccc(OCc2ccc3ccccc3n2)cc1. The fourth-order valence-corrected chi connectivity index (χ4v) is 2.88. The minimum absolute atomic E-state index is 0.260. The van der Waals surface area contributed by atoms with Gasteiger partial charge in [0.2, 0.25) is 0 Å². The lowest BCUT2D eigenvalue weighted by atomic mass is 10.1. The molecule has 3 rings (SSSR count). The van der Waals surface area contributed by atoms with Gasteiger partial charge in [-0.3, -0.25) is 4.79 Å². The van der Waals surface area contributed by atoms with Crippen LogP contribution in [0, 0.1) is 0 Å². The Kier molecular flexibility index (Phi) is 6.20. The molecule has 0 unspecified atom stereocenters. The maximum atomic E-state index is 10.5. The summed E-state index contributed by atoms with van der Waals surface area (Å²) in [4.78, 5) is 15.1. The first kappa shape index (κ1) is 17.9. The third-order valence-electron chi connectivity index (χ3n) is 4.32. The van der Waals surface area contributed by atoms with E-state index in [-0.39, 0.29) is 6.42 Å². The maximum absolute atomic E-state index is 10.5. The van der Waals surface area contributed by atoms with Crippen LogP contribution in [0.2, 0.25) is 0 Å². The van der Waals surface area contributed by atoms with E-state index in [1.807, 2.05) is 42.5 Å². The summed E-state index contributed by atoms with van der Waals surface area (Å²) in [6.45, 7) is 0.444. The summed E-state index contributed by atoms with van der Waals surface area (Å²) in [7, 11) is 0. The zero-order valence-electron chi connectivity index (χ0n) is 14.7. The number of carbonyl (C=O) groups is 1. The van der Waals surface area contributed by atoms with Crippen molar-refractivity contribution in [3.8, 4) is 5.75 Å². The van der Waals surface area contributed by atoms with Crippen LogP contribution in [-0.2, 0) is 17.8 Å². The molecule has 0 aliphatic heterocycles. The normalized spacial score (nSPS) is 10.8. The lowest BCUT2D eigenvalue weighted by Gasteiger charge is -2.08. The molecule has 0 aliphatic rings. The van der Waals surface area contributed by atoms with Crippen molar-refractivity contribution in [2.75, 3.05) is 0 Å². The highest BCUT2D eigenvalue weighted by atomic mass is 16.5. The molecule has 26 heavy (non-hydrogen) atoms. The summed E-state index contributed by atoms with van der Waals surface area (Å²) in [6, 6.07) is 20.2. The quantitative estimate of drug-likeness (QED) is 0.552. The van der Waals surface area contributed by atoms with Crippen LogP contribution in [0.25, 0.3) is 10.9 Å². The van der Waals surface area contributed by atoms with Crippen LogP contribution < -0.4 is 4.74 Å². The van der Waals surface area contributed by atoms with Crippen molar-refractivity contribution in [2.45, 2.75) is 38.7 Å². The van der Waals surface area contributed by atoms with Gasteiger partial charge in [-0.25, -0.2) is 4.98 Å². The van der Waals surface area contributed by atoms with Gasteiger partial charge in [0.15, 0.2) is 0 Å². The topological polar surface area (TPSA) is 59.4 Å². The van der Waals surface area contributed by atoms with E-state index in [1.54, 1.807) is 0 Å². The maximum Gasteiger partial charge on any atom is 0.303 e. The number of carboxylic acids is 1. The summed E-state index contributed by atoms with van der Waals surface area (Å²) in [5.74, 6) is 0.113. The van der Waals surface area contributed by atoms with Crippen LogP contribution in [0.3, 0.4) is 0 Å². The zero-order valence-corrected chi connectivity index (χ0v) is 14.7. The van der Waals surface area contributed by atoms with E-state index >= 15 is 0 Å². The summed E-state index contributed by atoms with van der Waals surface area (Å²) in [5.41, 5.74) is 3.13. The molecule has 2 aromatic carbocycles. The van der Waals surface area contributed by atoms with Crippen LogP contribution >= 0.6 is 0 Å². The molecule has 0 saturated heterocycles. The van der Waals surface area contributed by atoms with Gasteiger partial charge in [-0.1, -0.05) is 42.8 Å². The molecule has 1 heterocycles. The van der Waals surface area contributed by atoms with Crippen molar-refractivity contribution in [2.24, 2.45) is 0 Å². The highest BCUT2D eigenvalue weighted by Crippen LogP contribution is 2.17. The number of carboxylic acid groups (broad SMARTS) is 1. The standard InChI is InChI=1S/C22H23NO3/c24-22(25)9-3-1-2-6-17-10-14-20(15-11-17)26-16-19-13-12-18-7-4-5-8-21(18)23-19/h4-5,7-8,10-15H,1-3,6,9,16H2,(H,24,25). The van der Waals surface area contributed by atoms with E-state index in [2.05, 4.69) is 23.2 Å². The molecule has 1 N–H and O–H groups in total. The summed E-state index contributed by atoms with van der Waals surface area (Å²) >= 11 is 0. The molecular weight excluding hydrogens is 326 g/mol. The highest BCUT2D eigenvalue weighted by molar-refractivity contribution is 5.78. The second kappa shape index (κ2) is 8.99. The Labute approximate surface area is 153 Å². The lowest BCUT2D eigenvalue weighted by molar-refractivity contribution is -0.137. The van der Waals surface area contributed by atoms with Crippen LogP contribution in [0.4, 0.5) is 0 Å². The number of aromatic nitrogens is 1. The Balaban J connectivity index is 1.47. The molecule has 4 heteroatoms. The third-order valence-corrected chi connectivity index (χ3v) is 4.32. The summed E-state index contributed by atoms with van der Waals surface area (Å²) in [5, 5.41) is 9.76. The number of fused-ring (bicyclic) bond motifs is 1. The van der Waals surface area contributed by atoms with E-state index in [1.165, 1.54) is 5.56 Å². The van der Waals surface area contributed by atoms with Gasteiger partial charge in [0.05, 0.1) is 11.2 Å². The third kappa shape index (κ3) is 5.31. The predicted molar refractivity (Wildman–Crippen MR) is 102 cm³/mol. The van der Waals surface area contributed by atoms with Crippen LogP contribution in [0.15, 0.2) is 60.7 Å². The largest absolute Gasteiger partial charge is 0.487 e. The van der Waals surface area contributed by atoms with Crippen molar-refractivity contribution >= 4 is 16.9 Å². The van der Waals surface area contributed by atoms with Crippen molar-refractivity contribution in [1.82, 2.24) is 4.98 Å². The summed E-state index contributed by atoms with van der Waals surface area (Å²) < 4.78 is 5.84. The van der Waals surface area contributed by atoms with E-state index in [0.717, 1.165) is 48.0 Å². The number of unbranched alkanes of at least 4 members (excludes halogenated alkanes) is 2. The number of hydrogen-bond acceptors (Lipinski definition) is 3. The smallest absolute Gasteiger partial charge is 0.303 e. The van der Waals surface area contributed by atoms with Gasteiger partial charge in [0, 0.05) is 11.8 Å². The monoisotopic (exact) mass is 349 g/mol. The first-order chi connectivity index (χ1) is 12.7. The van der Waals surface area contributed by atoms with Crippen molar-refractivity contribution in [3.05, 3.63) is 71.9 Å². The first-order valence-electron chi connectivity index (χ1n) is 8.99. The molecule has 0 spiro atoms. The number of benzene rings is 2. The fourth-order valence-electron chi connectivity index (χ4n) is 2.88. The Bertz CT molecular complexity index is 859. The predicted octanol–water partition coefficient (Wildman–Crippen LogP) is 5.00. The second-order valence-corrected chi connectivity index (χ2v) is 6.38. The van der Waals surface area contributed by atoms with Gasteiger partial charge in [0.1, 0.15) is 12.4 Å². The molecule has 3 aromatic rings. The van der Waals surface area contributed by atoms with E-state index in [0.29, 0.717) is 6.61 Å². The first-order valence-corrected chi connectivity index (χ1v) is 8.99. The number of para-hydroxylation sites is 1. The number of rotatable bonds is 9. The van der Waals surface area contributed by atoms with Crippen molar-refractivity contribution < 1.29 is 14.6 Å². The van der Waals surface area contributed by atoms with E-state index < -0.39 is 5.97 Å². The van der Waals surface area contributed by atoms with Gasteiger partial charge in [0.25, 0.3) is 0 Å². The van der Waals surface area contributed by atoms with Crippen LogP contribution in [0.1, 0.15) is 36.9 Å². The Hall–Kier alpha value is -2.88. The minimum Gasteiger partial charge on any atom is -0.487 e. The molecule has 134 valence electrons. The molecule has 0 aliphatic carbocycles. The number of nitrogens with zero attached hydrogens (tertiary/aromatic N) is 1.